The first kappa shape index (κ1) is 26.7. The normalized spacial score (nSPS) is 24.5. The van der Waals surface area contributed by atoms with Gasteiger partial charge in [-0.1, -0.05) is 47.5 Å². The van der Waals surface area contributed by atoms with Crippen LogP contribution in [-0.4, -0.2) is 66.6 Å². The molecule has 2 unspecified atom stereocenters. The predicted molar refractivity (Wildman–Crippen MR) is 143 cm³/mol. The van der Waals surface area contributed by atoms with Gasteiger partial charge in [-0.25, -0.2) is 8.42 Å². The highest BCUT2D eigenvalue weighted by atomic mass is 32.2. The van der Waals surface area contributed by atoms with Gasteiger partial charge in [0, 0.05) is 39.1 Å². The van der Waals surface area contributed by atoms with Gasteiger partial charge in [-0.2, -0.15) is 17.8 Å². The van der Waals surface area contributed by atoms with Crippen LogP contribution in [0, 0.1) is 25.7 Å². The van der Waals surface area contributed by atoms with E-state index in [2.05, 4.69) is 0 Å². The Labute approximate surface area is 221 Å². The maximum atomic E-state index is 13.6. The van der Waals surface area contributed by atoms with E-state index in [1.807, 2.05) is 55.1 Å². The highest BCUT2D eigenvalue weighted by Crippen LogP contribution is 2.33. The number of rotatable bonds is 5. The zero-order chi connectivity index (χ0) is 24.7. The summed E-state index contributed by atoms with van der Waals surface area (Å²) in [6, 6.07) is 14.6. The SMILES string of the molecule is Cc1ccc(CN2C(=O)CC[C@H]2C(=O)N2CC3CC(C2)CN(S(=O)(=O)c2ccc(C)cc2)C3)cc1.S. The average molecular weight is 530 g/mol. The standard InChI is InChI=1S/C27H33N3O4S.H2S/c1-19-3-7-21(8-4-19)18-30-25(11-12-26(30)31)27(32)28-14-22-13-23(15-28)17-29(16-22)35(33,34)24-9-5-20(2)6-10-24;/h3-10,22-23,25H,11-18H2,1-2H3;1H2/t22?,23?,25-;/m0./s1. The molecule has 2 aromatic carbocycles. The Morgan fingerprint density at radius 3 is 2.03 bits per heavy atom. The number of hydrogen-bond acceptors (Lipinski definition) is 4. The minimum atomic E-state index is -3.55. The third-order valence-corrected chi connectivity index (χ3v) is 9.45. The molecule has 7 nitrogen and oxygen atoms in total. The van der Waals surface area contributed by atoms with Gasteiger partial charge in [0.05, 0.1) is 4.90 Å². The molecule has 3 aliphatic rings. The van der Waals surface area contributed by atoms with Crippen molar-refractivity contribution in [2.45, 2.75) is 50.6 Å². The fraction of sp³-hybridized carbons (Fsp3) is 0.481. The van der Waals surface area contributed by atoms with Crippen LogP contribution in [-0.2, 0) is 26.2 Å². The van der Waals surface area contributed by atoms with Gasteiger partial charge in [0.2, 0.25) is 21.8 Å². The number of fused-ring (bicyclic) bond motifs is 2. The molecule has 3 atom stereocenters. The van der Waals surface area contributed by atoms with E-state index >= 15 is 0 Å². The molecule has 0 aromatic heterocycles. The number of amides is 2. The van der Waals surface area contributed by atoms with E-state index in [9.17, 15) is 18.0 Å². The van der Waals surface area contributed by atoms with Crippen LogP contribution in [0.3, 0.4) is 0 Å². The van der Waals surface area contributed by atoms with Crippen molar-refractivity contribution in [1.82, 2.24) is 14.1 Å². The monoisotopic (exact) mass is 529 g/mol. The molecule has 0 saturated carbocycles. The van der Waals surface area contributed by atoms with Crippen LogP contribution in [0.25, 0.3) is 0 Å². The number of hydrogen-bond donors (Lipinski definition) is 0. The summed E-state index contributed by atoms with van der Waals surface area (Å²) < 4.78 is 28.1. The van der Waals surface area contributed by atoms with Gasteiger partial charge in [-0.3, -0.25) is 9.59 Å². The molecule has 0 radical (unpaired) electrons. The van der Waals surface area contributed by atoms with Gasteiger partial charge < -0.3 is 9.80 Å². The van der Waals surface area contributed by atoms with Gasteiger partial charge in [0.15, 0.2) is 0 Å². The minimum Gasteiger partial charge on any atom is -0.340 e. The van der Waals surface area contributed by atoms with E-state index in [1.54, 1.807) is 21.3 Å². The number of sulfonamides is 1. The zero-order valence-corrected chi connectivity index (χ0v) is 22.7. The lowest BCUT2D eigenvalue weighted by atomic mass is 9.85. The largest absolute Gasteiger partial charge is 0.340 e. The molecule has 2 amide bonds. The molecular formula is C27H35N3O4S2. The number of piperidine rings is 2. The first-order valence-corrected chi connectivity index (χ1v) is 13.9. The average Bonchev–Trinajstić information content (AvgIpc) is 3.19. The molecular weight excluding hydrogens is 494 g/mol. The van der Waals surface area contributed by atoms with Crippen molar-refractivity contribution < 1.29 is 18.0 Å². The van der Waals surface area contributed by atoms with Gasteiger partial charge in [0.1, 0.15) is 6.04 Å². The third kappa shape index (κ3) is 5.33. The second kappa shape index (κ2) is 10.6. The predicted octanol–water partition coefficient (Wildman–Crippen LogP) is 3.08. The smallest absolute Gasteiger partial charge is 0.245 e. The number of nitrogens with zero attached hydrogens (tertiary/aromatic N) is 3. The van der Waals surface area contributed by atoms with Gasteiger partial charge in [-0.15, -0.1) is 0 Å². The molecule has 3 saturated heterocycles. The molecule has 194 valence electrons. The number of aryl methyl sites for hydroxylation is 2. The fourth-order valence-electron chi connectivity index (χ4n) is 5.76. The third-order valence-electron chi connectivity index (χ3n) is 7.60. The van der Waals surface area contributed by atoms with Crippen molar-refractivity contribution in [3.05, 3.63) is 65.2 Å². The van der Waals surface area contributed by atoms with Crippen LogP contribution in [0.15, 0.2) is 53.4 Å². The Morgan fingerprint density at radius 2 is 1.44 bits per heavy atom. The number of carbonyl (C=O) groups is 2. The van der Waals surface area contributed by atoms with Crippen LogP contribution >= 0.6 is 13.5 Å². The zero-order valence-electron chi connectivity index (χ0n) is 20.9. The summed E-state index contributed by atoms with van der Waals surface area (Å²) in [5, 5.41) is 0. The molecule has 2 aromatic rings. The topological polar surface area (TPSA) is 78.0 Å². The second-order valence-corrected chi connectivity index (χ2v) is 12.3. The number of benzene rings is 2. The van der Waals surface area contributed by atoms with Crippen molar-refractivity contribution >= 4 is 35.3 Å². The molecule has 0 N–H and O–H groups in total. The first-order valence-electron chi connectivity index (χ1n) is 12.4. The summed E-state index contributed by atoms with van der Waals surface area (Å²) in [6.45, 7) is 6.33. The summed E-state index contributed by atoms with van der Waals surface area (Å²) in [5.41, 5.74) is 3.21. The molecule has 3 aliphatic heterocycles. The molecule has 0 spiro atoms. The van der Waals surface area contributed by atoms with Crippen molar-refractivity contribution in [1.29, 1.82) is 0 Å². The molecule has 3 fully saturated rings. The number of carbonyl (C=O) groups excluding carboxylic acids is 2. The van der Waals surface area contributed by atoms with E-state index in [1.165, 1.54) is 0 Å². The van der Waals surface area contributed by atoms with Crippen LogP contribution in [0.4, 0.5) is 0 Å². The van der Waals surface area contributed by atoms with E-state index in [-0.39, 0.29) is 37.1 Å². The summed E-state index contributed by atoms with van der Waals surface area (Å²) in [5.74, 6) is 0.243. The maximum Gasteiger partial charge on any atom is 0.245 e. The van der Waals surface area contributed by atoms with Crippen molar-refractivity contribution in [3.8, 4) is 0 Å². The first-order chi connectivity index (χ1) is 16.7. The van der Waals surface area contributed by atoms with Crippen LogP contribution in [0.2, 0.25) is 0 Å². The summed E-state index contributed by atoms with van der Waals surface area (Å²) in [4.78, 5) is 30.1. The van der Waals surface area contributed by atoms with Crippen LogP contribution in [0.1, 0.15) is 36.0 Å². The summed E-state index contributed by atoms with van der Waals surface area (Å²) in [7, 11) is -3.55. The Bertz CT molecular complexity index is 1200. The Hall–Kier alpha value is -2.36. The maximum absolute atomic E-state index is 13.6. The van der Waals surface area contributed by atoms with E-state index in [0.29, 0.717) is 50.5 Å². The Morgan fingerprint density at radius 1 is 0.889 bits per heavy atom. The minimum absolute atomic E-state index is 0. The highest BCUT2D eigenvalue weighted by Gasteiger charge is 2.44. The molecule has 9 heteroatoms. The van der Waals surface area contributed by atoms with E-state index in [4.69, 9.17) is 0 Å². The molecule has 36 heavy (non-hydrogen) atoms. The van der Waals surface area contributed by atoms with Crippen molar-refractivity contribution in [3.63, 3.8) is 0 Å². The lowest BCUT2D eigenvalue weighted by Crippen LogP contribution is -2.57. The van der Waals surface area contributed by atoms with E-state index in [0.717, 1.165) is 23.1 Å². The lowest BCUT2D eigenvalue weighted by Gasteiger charge is -2.46. The van der Waals surface area contributed by atoms with Gasteiger partial charge in [0.25, 0.3) is 0 Å². The van der Waals surface area contributed by atoms with Crippen LogP contribution < -0.4 is 0 Å². The van der Waals surface area contributed by atoms with Crippen molar-refractivity contribution in [2.24, 2.45) is 11.8 Å². The summed E-state index contributed by atoms with van der Waals surface area (Å²) in [6.07, 6.45) is 1.87. The summed E-state index contributed by atoms with van der Waals surface area (Å²) >= 11 is 0. The quantitative estimate of drug-likeness (QED) is 0.597. The van der Waals surface area contributed by atoms with Crippen molar-refractivity contribution in [2.75, 3.05) is 26.2 Å². The van der Waals surface area contributed by atoms with Crippen LogP contribution in [0.5, 0.6) is 0 Å². The van der Waals surface area contributed by atoms with Gasteiger partial charge in [-0.05, 0) is 56.2 Å². The highest BCUT2D eigenvalue weighted by molar-refractivity contribution is 7.89. The van der Waals surface area contributed by atoms with E-state index < -0.39 is 16.1 Å². The second-order valence-electron chi connectivity index (χ2n) is 10.4. The number of likely N-dealkylation sites (tertiary alicyclic amines) is 2. The lowest BCUT2D eigenvalue weighted by molar-refractivity contribution is -0.144. The Kier molecular flexibility index (Phi) is 7.83. The Balaban J connectivity index is 0.00000304. The molecule has 0 aliphatic carbocycles. The fourth-order valence-corrected chi connectivity index (χ4v) is 7.35. The molecule has 2 bridgehead atoms. The molecule has 5 rings (SSSR count). The van der Waals surface area contributed by atoms with Gasteiger partial charge >= 0.3 is 0 Å². The molecule has 3 heterocycles.